The third-order valence-electron chi connectivity index (χ3n) is 1.86. The first kappa shape index (κ1) is 17.2. The van der Waals surface area contributed by atoms with Crippen molar-refractivity contribution >= 4 is 0 Å². The molecular weight excluding hydrogens is 196 g/mol. The van der Waals surface area contributed by atoms with Gasteiger partial charge in [0.2, 0.25) is 0 Å². The lowest BCUT2D eigenvalue weighted by Crippen LogP contribution is -1.92. The number of hydrogen-bond donors (Lipinski definition) is 0. The van der Waals surface area contributed by atoms with Crippen LogP contribution in [0, 0.1) is 0 Å². The molecule has 1 aromatic rings. The van der Waals surface area contributed by atoms with Crippen molar-refractivity contribution in [2.45, 2.75) is 40.5 Å². The fraction of sp³-hybridized carbons (Fsp3) is 0.467. The molecular formula is C15H26O. The van der Waals surface area contributed by atoms with Crippen LogP contribution in [0.3, 0.4) is 0 Å². The third kappa shape index (κ3) is 7.10. The summed E-state index contributed by atoms with van der Waals surface area (Å²) in [7, 11) is 0. The molecule has 0 spiro atoms. The van der Waals surface area contributed by atoms with Crippen LogP contribution in [0.4, 0.5) is 0 Å². The Bertz CT molecular complexity index is 236. The molecule has 1 rings (SSSR count). The molecule has 0 saturated carbocycles. The summed E-state index contributed by atoms with van der Waals surface area (Å²) in [6.45, 7) is 17.1. The molecule has 1 aromatic carbocycles. The van der Waals surface area contributed by atoms with E-state index in [9.17, 15) is 0 Å². The van der Waals surface area contributed by atoms with Crippen LogP contribution in [0.1, 0.15) is 46.1 Å². The lowest BCUT2D eigenvalue weighted by atomic mass is 10.0. The first-order valence-electron chi connectivity index (χ1n) is 5.96. The van der Waals surface area contributed by atoms with E-state index in [1.54, 1.807) is 0 Å². The SMILES string of the molecule is C=C.CC.CCOc1ccc(C(C)C)cc1. The molecule has 0 aliphatic carbocycles. The standard InChI is InChI=1S/C11H16O.C2H6.C2H4/c1-4-12-11-7-5-10(6-8-11)9(2)3;2*1-2/h5-9H,4H2,1-3H3;1-2H3;1-2H2. The van der Waals surface area contributed by atoms with Crippen LogP contribution >= 0.6 is 0 Å². The summed E-state index contributed by atoms with van der Waals surface area (Å²) < 4.78 is 5.34. The Labute approximate surface area is 101 Å². The summed E-state index contributed by atoms with van der Waals surface area (Å²) in [4.78, 5) is 0. The van der Waals surface area contributed by atoms with Gasteiger partial charge in [-0.05, 0) is 30.5 Å². The molecule has 0 heterocycles. The summed E-state index contributed by atoms with van der Waals surface area (Å²) in [5.74, 6) is 1.56. The van der Waals surface area contributed by atoms with Crippen molar-refractivity contribution in [1.82, 2.24) is 0 Å². The predicted molar refractivity (Wildman–Crippen MR) is 74.3 cm³/mol. The number of benzene rings is 1. The van der Waals surface area contributed by atoms with Crippen LogP contribution in [-0.4, -0.2) is 6.61 Å². The predicted octanol–water partition coefficient (Wildman–Crippen LogP) is 5.04. The molecule has 16 heavy (non-hydrogen) atoms. The van der Waals surface area contributed by atoms with Gasteiger partial charge in [0, 0.05) is 0 Å². The van der Waals surface area contributed by atoms with Crippen molar-refractivity contribution in [2.75, 3.05) is 6.61 Å². The van der Waals surface area contributed by atoms with Crippen molar-refractivity contribution < 1.29 is 4.74 Å². The summed E-state index contributed by atoms with van der Waals surface area (Å²) in [6.07, 6.45) is 0. The number of ether oxygens (including phenoxy) is 1. The van der Waals surface area contributed by atoms with E-state index in [1.165, 1.54) is 5.56 Å². The number of rotatable bonds is 3. The Morgan fingerprint density at radius 3 is 1.81 bits per heavy atom. The Morgan fingerprint density at radius 2 is 1.50 bits per heavy atom. The molecule has 0 aromatic heterocycles. The highest BCUT2D eigenvalue weighted by molar-refractivity contribution is 5.28. The fourth-order valence-corrected chi connectivity index (χ4v) is 1.12. The molecule has 0 N–H and O–H groups in total. The van der Waals surface area contributed by atoms with Crippen LogP contribution in [0.2, 0.25) is 0 Å². The van der Waals surface area contributed by atoms with Gasteiger partial charge in [-0.15, -0.1) is 13.2 Å². The van der Waals surface area contributed by atoms with E-state index in [-0.39, 0.29) is 0 Å². The van der Waals surface area contributed by atoms with Crippen molar-refractivity contribution in [3.8, 4) is 5.75 Å². The monoisotopic (exact) mass is 222 g/mol. The second kappa shape index (κ2) is 11.8. The third-order valence-corrected chi connectivity index (χ3v) is 1.86. The van der Waals surface area contributed by atoms with E-state index in [0.29, 0.717) is 5.92 Å². The topological polar surface area (TPSA) is 9.23 Å². The van der Waals surface area contributed by atoms with Gasteiger partial charge in [-0.1, -0.05) is 39.8 Å². The fourth-order valence-electron chi connectivity index (χ4n) is 1.12. The van der Waals surface area contributed by atoms with Gasteiger partial charge in [-0.3, -0.25) is 0 Å². The zero-order valence-corrected chi connectivity index (χ0v) is 11.4. The van der Waals surface area contributed by atoms with Crippen molar-refractivity contribution in [3.63, 3.8) is 0 Å². The van der Waals surface area contributed by atoms with Crippen LogP contribution in [-0.2, 0) is 0 Å². The van der Waals surface area contributed by atoms with E-state index in [1.807, 2.05) is 32.9 Å². The number of hydrogen-bond acceptors (Lipinski definition) is 1. The average molecular weight is 222 g/mol. The molecule has 0 aliphatic rings. The molecule has 0 saturated heterocycles. The molecule has 0 fully saturated rings. The summed E-state index contributed by atoms with van der Waals surface area (Å²) in [5.41, 5.74) is 1.36. The summed E-state index contributed by atoms with van der Waals surface area (Å²) in [5, 5.41) is 0. The second-order valence-corrected chi connectivity index (χ2v) is 3.16. The van der Waals surface area contributed by atoms with Crippen molar-refractivity contribution in [3.05, 3.63) is 43.0 Å². The van der Waals surface area contributed by atoms with E-state index in [4.69, 9.17) is 4.74 Å². The lowest BCUT2D eigenvalue weighted by Gasteiger charge is -2.06. The van der Waals surface area contributed by atoms with Crippen LogP contribution in [0.15, 0.2) is 37.4 Å². The molecule has 0 radical (unpaired) electrons. The van der Waals surface area contributed by atoms with E-state index >= 15 is 0 Å². The minimum absolute atomic E-state index is 0.598. The summed E-state index contributed by atoms with van der Waals surface area (Å²) in [6, 6.07) is 8.29. The molecule has 1 nitrogen and oxygen atoms in total. The smallest absolute Gasteiger partial charge is 0.119 e. The maximum absolute atomic E-state index is 5.34. The van der Waals surface area contributed by atoms with Crippen molar-refractivity contribution in [1.29, 1.82) is 0 Å². The zero-order valence-electron chi connectivity index (χ0n) is 11.4. The maximum Gasteiger partial charge on any atom is 0.119 e. The van der Waals surface area contributed by atoms with Gasteiger partial charge in [0.1, 0.15) is 5.75 Å². The molecule has 1 heteroatoms. The maximum atomic E-state index is 5.34. The molecule has 0 unspecified atom stereocenters. The minimum Gasteiger partial charge on any atom is -0.494 e. The highest BCUT2D eigenvalue weighted by atomic mass is 16.5. The Balaban J connectivity index is 0. The Hall–Kier alpha value is -1.24. The molecule has 92 valence electrons. The van der Waals surface area contributed by atoms with Gasteiger partial charge in [0.15, 0.2) is 0 Å². The molecule has 0 bridgehead atoms. The first-order valence-corrected chi connectivity index (χ1v) is 5.96. The van der Waals surface area contributed by atoms with E-state index < -0.39 is 0 Å². The van der Waals surface area contributed by atoms with Crippen LogP contribution in [0.5, 0.6) is 5.75 Å². The summed E-state index contributed by atoms with van der Waals surface area (Å²) >= 11 is 0. The van der Waals surface area contributed by atoms with E-state index in [0.717, 1.165) is 12.4 Å². The van der Waals surface area contributed by atoms with Gasteiger partial charge < -0.3 is 4.74 Å². The van der Waals surface area contributed by atoms with Gasteiger partial charge >= 0.3 is 0 Å². The van der Waals surface area contributed by atoms with Gasteiger partial charge in [0.05, 0.1) is 6.61 Å². The molecule has 0 atom stereocenters. The molecule has 0 amide bonds. The first-order chi connectivity index (χ1) is 7.74. The Kier molecular flexibility index (Phi) is 12.7. The van der Waals surface area contributed by atoms with Gasteiger partial charge in [0.25, 0.3) is 0 Å². The average Bonchev–Trinajstić information content (AvgIpc) is 2.35. The van der Waals surface area contributed by atoms with Crippen LogP contribution < -0.4 is 4.74 Å². The quantitative estimate of drug-likeness (QED) is 0.651. The van der Waals surface area contributed by atoms with Gasteiger partial charge in [-0.25, -0.2) is 0 Å². The minimum atomic E-state index is 0.598. The van der Waals surface area contributed by atoms with E-state index in [2.05, 4.69) is 39.1 Å². The zero-order chi connectivity index (χ0) is 13.0. The highest BCUT2D eigenvalue weighted by Gasteiger charge is 1.97. The van der Waals surface area contributed by atoms with Crippen LogP contribution in [0.25, 0.3) is 0 Å². The highest BCUT2D eigenvalue weighted by Crippen LogP contribution is 2.18. The largest absolute Gasteiger partial charge is 0.494 e. The molecule has 0 aliphatic heterocycles. The van der Waals surface area contributed by atoms with Gasteiger partial charge in [-0.2, -0.15) is 0 Å². The Morgan fingerprint density at radius 1 is 1.06 bits per heavy atom. The van der Waals surface area contributed by atoms with Crippen molar-refractivity contribution in [2.24, 2.45) is 0 Å². The lowest BCUT2D eigenvalue weighted by molar-refractivity contribution is 0.340. The normalized spacial score (nSPS) is 8.38. The second-order valence-electron chi connectivity index (χ2n) is 3.16.